The van der Waals surface area contributed by atoms with E-state index in [1.807, 2.05) is 26.0 Å². The third-order valence-corrected chi connectivity index (χ3v) is 1.50. The molecule has 12 heavy (non-hydrogen) atoms. The number of aryl methyl sites for hydroxylation is 1. The number of rotatable bonds is 1. The fourth-order valence-corrected chi connectivity index (χ4v) is 0.962. The molecule has 1 rings (SSSR count). The molecule has 0 saturated carbocycles. The molecule has 0 aliphatic heterocycles. The van der Waals surface area contributed by atoms with Crippen molar-refractivity contribution in [2.75, 3.05) is 0 Å². The number of aromatic nitrogens is 2. The van der Waals surface area contributed by atoms with Gasteiger partial charge in [0.15, 0.2) is 0 Å². The van der Waals surface area contributed by atoms with Gasteiger partial charge in [-0.15, -0.1) is 0 Å². The molecular weight excluding hydrogens is 148 g/mol. The van der Waals surface area contributed by atoms with E-state index in [1.54, 1.807) is 12.3 Å². The van der Waals surface area contributed by atoms with Gasteiger partial charge in [-0.25, -0.2) is 4.98 Å². The molecule has 1 heterocycles. The first-order valence-electron chi connectivity index (χ1n) is 3.86. The number of allylic oxidation sites excluding steroid dienone is 1. The fourth-order valence-electron chi connectivity index (χ4n) is 0.962. The minimum atomic E-state index is 0.882. The molecule has 0 saturated heterocycles. The standard InChI is InChI=1S/C10H12N2/c1-4-6-10-9(5-2)11-7-8(3)12-10/h4-7H,1H2,2-3H3/b9-5+,10-6+. The Hall–Kier alpha value is -1.44. The monoisotopic (exact) mass is 160 g/mol. The molecule has 0 bridgehead atoms. The maximum Gasteiger partial charge on any atom is 0.0886 e. The molecule has 0 aliphatic rings. The van der Waals surface area contributed by atoms with Crippen LogP contribution in [0.25, 0.3) is 12.2 Å². The second-order valence-electron chi connectivity index (χ2n) is 2.47. The van der Waals surface area contributed by atoms with E-state index >= 15 is 0 Å². The minimum Gasteiger partial charge on any atom is -0.253 e. The van der Waals surface area contributed by atoms with E-state index in [1.165, 1.54) is 0 Å². The summed E-state index contributed by atoms with van der Waals surface area (Å²) in [4.78, 5) is 8.53. The summed E-state index contributed by atoms with van der Waals surface area (Å²) >= 11 is 0. The second kappa shape index (κ2) is 3.81. The van der Waals surface area contributed by atoms with Gasteiger partial charge in [0.2, 0.25) is 0 Å². The Morgan fingerprint density at radius 1 is 1.42 bits per heavy atom. The quantitative estimate of drug-likeness (QED) is 0.599. The van der Waals surface area contributed by atoms with Crippen LogP contribution in [-0.4, -0.2) is 9.97 Å². The summed E-state index contributed by atoms with van der Waals surface area (Å²) in [6.07, 6.45) is 7.27. The number of hydrogen-bond acceptors (Lipinski definition) is 2. The Morgan fingerprint density at radius 3 is 2.75 bits per heavy atom. The minimum absolute atomic E-state index is 0.882. The van der Waals surface area contributed by atoms with Crippen LogP contribution in [0.5, 0.6) is 0 Å². The van der Waals surface area contributed by atoms with Crippen molar-refractivity contribution in [2.24, 2.45) is 0 Å². The zero-order valence-corrected chi connectivity index (χ0v) is 7.41. The van der Waals surface area contributed by atoms with Crippen LogP contribution in [0.2, 0.25) is 0 Å². The first-order valence-corrected chi connectivity index (χ1v) is 3.86. The third kappa shape index (κ3) is 1.78. The van der Waals surface area contributed by atoms with Gasteiger partial charge in [-0.2, -0.15) is 0 Å². The van der Waals surface area contributed by atoms with E-state index in [0.29, 0.717) is 0 Å². The van der Waals surface area contributed by atoms with E-state index in [4.69, 9.17) is 0 Å². The lowest BCUT2D eigenvalue weighted by atomic mass is 10.4. The van der Waals surface area contributed by atoms with Gasteiger partial charge >= 0.3 is 0 Å². The van der Waals surface area contributed by atoms with Crippen molar-refractivity contribution in [2.45, 2.75) is 13.8 Å². The summed E-state index contributed by atoms with van der Waals surface area (Å²) in [7, 11) is 0. The highest BCUT2D eigenvalue weighted by Crippen LogP contribution is 1.76. The Balaban J connectivity index is 3.53. The lowest BCUT2D eigenvalue weighted by Gasteiger charge is -1.90. The summed E-state index contributed by atoms with van der Waals surface area (Å²) in [5, 5.41) is 1.79. The van der Waals surface area contributed by atoms with E-state index in [9.17, 15) is 0 Å². The van der Waals surface area contributed by atoms with Crippen molar-refractivity contribution in [3.63, 3.8) is 0 Å². The van der Waals surface area contributed by atoms with Gasteiger partial charge in [0, 0.05) is 6.20 Å². The van der Waals surface area contributed by atoms with Gasteiger partial charge in [-0.05, 0) is 19.9 Å². The maximum absolute atomic E-state index is 4.31. The number of hydrogen-bond donors (Lipinski definition) is 0. The van der Waals surface area contributed by atoms with Crippen LogP contribution in [0.3, 0.4) is 0 Å². The topological polar surface area (TPSA) is 25.8 Å². The smallest absolute Gasteiger partial charge is 0.0886 e. The van der Waals surface area contributed by atoms with Gasteiger partial charge in [0.1, 0.15) is 0 Å². The molecule has 0 unspecified atom stereocenters. The highest BCUT2D eigenvalue weighted by molar-refractivity contribution is 5.33. The Morgan fingerprint density at radius 2 is 2.17 bits per heavy atom. The van der Waals surface area contributed by atoms with Gasteiger partial charge in [0.05, 0.1) is 16.4 Å². The molecule has 1 aromatic rings. The first kappa shape index (κ1) is 8.65. The van der Waals surface area contributed by atoms with Crippen LogP contribution < -0.4 is 10.7 Å². The Bertz CT molecular complexity index is 391. The van der Waals surface area contributed by atoms with Crippen LogP contribution in [0.4, 0.5) is 0 Å². The maximum atomic E-state index is 4.31. The molecule has 0 amide bonds. The van der Waals surface area contributed by atoms with Crippen LogP contribution in [0.15, 0.2) is 18.9 Å². The van der Waals surface area contributed by atoms with Crippen molar-refractivity contribution in [1.29, 1.82) is 0 Å². The molecule has 0 radical (unpaired) electrons. The molecule has 0 aliphatic carbocycles. The van der Waals surface area contributed by atoms with E-state index in [-0.39, 0.29) is 0 Å². The predicted molar refractivity (Wildman–Crippen MR) is 50.8 cm³/mol. The molecule has 1 aromatic heterocycles. The lowest BCUT2D eigenvalue weighted by molar-refractivity contribution is 1.04. The van der Waals surface area contributed by atoms with E-state index < -0.39 is 0 Å². The van der Waals surface area contributed by atoms with E-state index in [2.05, 4.69) is 16.5 Å². The molecule has 2 nitrogen and oxygen atoms in total. The molecule has 0 aromatic carbocycles. The average molecular weight is 160 g/mol. The van der Waals surface area contributed by atoms with Crippen LogP contribution in [0.1, 0.15) is 12.6 Å². The highest BCUT2D eigenvalue weighted by Gasteiger charge is 1.87. The summed E-state index contributed by atoms with van der Waals surface area (Å²) in [6.45, 7) is 7.49. The van der Waals surface area contributed by atoms with Crippen LogP contribution in [-0.2, 0) is 0 Å². The Kier molecular flexibility index (Phi) is 2.75. The first-order chi connectivity index (χ1) is 5.77. The Labute approximate surface area is 72.0 Å². The zero-order valence-electron chi connectivity index (χ0n) is 7.41. The van der Waals surface area contributed by atoms with Crippen LogP contribution in [0, 0.1) is 6.92 Å². The van der Waals surface area contributed by atoms with Crippen molar-refractivity contribution in [3.05, 3.63) is 35.2 Å². The highest BCUT2D eigenvalue weighted by atomic mass is 14.8. The third-order valence-electron chi connectivity index (χ3n) is 1.50. The van der Waals surface area contributed by atoms with Crippen molar-refractivity contribution < 1.29 is 0 Å². The molecule has 2 heteroatoms. The van der Waals surface area contributed by atoms with Crippen molar-refractivity contribution >= 4 is 12.2 Å². The van der Waals surface area contributed by atoms with E-state index in [0.717, 1.165) is 16.4 Å². The lowest BCUT2D eigenvalue weighted by Crippen LogP contribution is -2.31. The molecule has 62 valence electrons. The second-order valence-corrected chi connectivity index (χ2v) is 2.47. The predicted octanol–water partition coefficient (Wildman–Crippen LogP) is 0.552. The summed E-state index contributed by atoms with van der Waals surface area (Å²) < 4.78 is 0. The van der Waals surface area contributed by atoms with Gasteiger partial charge in [0.25, 0.3) is 0 Å². The van der Waals surface area contributed by atoms with Crippen molar-refractivity contribution in [3.8, 4) is 0 Å². The molecular formula is C10H12N2. The van der Waals surface area contributed by atoms with Gasteiger partial charge < -0.3 is 0 Å². The molecule has 0 atom stereocenters. The van der Waals surface area contributed by atoms with Crippen LogP contribution >= 0.6 is 0 Å². The summed E-state index contributed by atoms with van der Waals surface area (Å²) in [6, 6.07) is 0. The molecule has 0 spiro atoms. The molecule has 0 fully saturated rings. The van der Waals surface area contributed by atoms with Crippen molar-refractivity contribution in [1.82, 2.24) is 9.97 Å². The largest absolute Gasteiger partial charge is 0.253 e. The molecule has 0 N–H and O–H groups in total. The normalized spacial score (nSPS) is 13.5. The number of nitrogens with zero attached hydrogens (tertiary/aromatic N) is 2. The van der Waals surface area contributed by atoms with Gasteiger partial charge in [-0.1, -0.05) is 18.7 Å². The summed E-state index contributed by atoms with van der Waals surface area (Å²) in [5.41, 5.74) is 0.925. The average Bonchev–Trinajstić information content (AvgIpc) is 2.05. The zero-order chi connectivity index (χ0) is 8.97. The summed E-state index contributed by atoms with van der Waals surface area (Å²) in [5.74, 6) is 0. The van der Waals surface area contributed by atoms with Gasteiger partial charge in [-0.3, -0.25) is 4.98 Å². The fraction of sp³-hybridized carbons (Fsp3) is 0.200. The SMILES string of the molecule is C=C/C=c1/nc(C)cn/c1=C/C.